The van der Waals surface area contributed by atoms with Gasteiger partial charge in [0.05, 0.1) is 6.04 Å². The van der Waals surface area contributed by atoms with Gasteiger partial charge in [-0.2, -0.15) is 0 Å². The first-order chi connectivity index (χ1) is 16.1. The van der Waals surface area contributed by atoms with E-state index in [9.17, 15) is 24.1 Å². The number of rotatable bonds is 9. The number of nitrogens with zero attached hydrogens (tertiary/aromatic N) is 2. The van der Waals surface area contributed by atoms with Crippen molar-refractivity contribution >= 4 is 25.1 Å². The molecule has 1 aliphatic rings. The summed E-state index contributed by atoms with van der Waals surface area (Å²) in [5.74, 6) is -2.23. The lowest BCUT2D eigenvalue weighted by molar-refractivity contribution is -0.148. The molecule has 0 radical (unpaired) electrons. The van der Waals surface area contributed by atoms with Gasteiger partial charge >= 0.3 is 5.97 Å². The molecule has 1 heterocycles. The normalized spacial score (nSPS) is 17.7. The zero-order chi connectivity index (χ0) is 24.9. The molecule has 0 bridgehead atoms. The van der Waals surface area contributed by atoms with Crippen molar-refractivity contribution in [3.8, 4) is 0 Å². The summed E-state index contributed by atoms with van der Waals surface area (Å²) in [7, 11) is -3.64. The Hall–Kier alpha value is -2.96. The van der Waals surface area contributed by atoms with Crippen molar-refractivity contribution in [2.24, 2.45) is 5.73 Å². The summed E-state index contributed by atoms with van der Waals surface area (Å²) in [5, 5.41) is 9.89. The summed E-state index contributed by atoms with van der Waals surface area (Å²) in [4.78, 5) is 40.1. The van der Waals surface area contributed by atoms with Crippen LogP contribution in [-0.4, -0.2) is 57.1 Å². The Morgan fingerprint density at radius 3 is 1.97 bits per heavy atom. The number of likely N-dealkylation sites (tertiary alicyclic amines) is 1. The van der Waals surface area contributed by atoms with Gasteiger partial charge in [-0.05, 0) is 37.8 Å². The van der Waals surface area contributed by atoms with E-state index in [1.165, 1.54) is 11.8 Å². The standard InChI is InChI=1S/C25H32N3O5P/c1-18(26)23(29)27-15-9-14-22(27)24(30)28(19(2)25(31)32)34(33,16-20-10-5-3-6-11-20)17-21-12-7-4-8-13-21/h3-8,10-13,18-19,22H,9,14-17,26H2,1-2H3,(H,31,32)/t18-,19+,22-/m0/s1. The molecule has 1 fully saturated rings. The molecule has 0 spiro atoms. The second-order valence-electron chi connectivity index (χ2n) is 8.81. The van der Waals surface area contributed by atoms with Crippen LogP contribution in [0.5, 0.6) is 0 Å². The van der Waals surface area contributed by atoms with Crippen LogP contribution in [0.3, 0.4) is 0 Å². The van der Waals surface area contributed by atoms with E-state index in [0.29, 0.717) is 19.4 Å². The number of carboxylic acid groups (broad SMARTS) is 1. The van der Waals surface area contributed by atoms with Gasteiger partial charge in [0, 0.05) is 18.9 Å². The number of hydrogen-bond acceptors (Lipinski definition) is 5. The third kappa shape index (κ3) is 5.75. The maximum Gasteiger partial charge on any atom is 0.326 e. The van der Waals surface area contributed by atoms with Crippen LogP contribution in [0.15, 0.2) is 60.7 Å². The smallest absolute Gasteiger partial charge is 0.326 e. The second-order valence-corrected chi connectivity index (χ2v) is 11.6. The van der Waals surface area contributed by atoms with Gasteiger partial charge in [0.25, 0.3) is 5.91 Å². The Kier molecular flexibility index (Phi) is 8.28. The van der Waals surface area contributed by atoms with Gasteiger partial charge in [-0.25, -0.2) is 4.79 Å². The minimum atomic E-state index is -3.64. The van der Waals surface area contributed by atoms with Crippen LogP contribution in [0, 0.1) is 0 Å². The number of carboxylic acids is 1. The van der Waals surface area contributed by atoms with E-state index < -0.39 is 37.3 Å². The first kappa shape index (κ1) is 25.7. The fourth-order valence-electron chi connectivity index (χ4n) is 4.44. The van der Waals surface area contributed by atoms with E-state index in [-0.39, 0.29) is 18.2 Å². The number of carbonyl (C=O) groups is 3. The molecule has 182 valence electrons. The van der Waals surface area contributed by atoms with E-state index in [1.807, 2.05) is 60.7 Å². The molecule has 2 amide bonds. The van der Waals surface area contributed by atoms with Crippen molar-refractivity contribution in [1.82, 2.24) is 9.57 Å². The Morgan fingerprint density at radius 1 is 1.03 bits per heavy atom. The summed E-state index contributed by atoms with van der Waals surface area (Å²) in [5.41, 5.74) is 7.27. The molecule has 1 aliphatic heterocycles. The van der Waals surface area contributed by atoms with E-state index in [0.717, 1.165) is 15.8 Å². The highest BCUT2D eigenvalue weighted by Gasteiger charge is 2.46. The first-order valence-corrected chi connectivity index (χ1v) is 13.5. The Bertz CT molecular complexity index is 1020. The minimum Gasteiger partial charge on any atom is -0.480 e. The van der Waals surface area contributed by atoms with Crippen molar-refractivity contribution in [1.29, 1.82) is 0 Å². The van der Waals surface area contributed by atoms with Crippen LogP contribution in [0.25, 0.3) is 0 Å². The molecular formula is C25H32N3O5P. The maximum atomic E-state index is 14.7. The molecule has 3 N–H and O–H groups in total. The fourth-order valence-corrected chi connectivity index (χ4v) is 7.64. The van der Waals surface area contributed by atoms with E-state index in [2.05, 4.69) is 0 Å². The van der Waals surface area contributed by atoms with Gasteiger partial charge < -0.3 is 15.7 Å². The lowest BCUT2D eigenvalue weighted by atomic mass is 10.1. The average Bonchev–Trinajstić information content (AvgIpc) is 3.29. The van der Waals surface area contributed by atoms with Gasteiger partial charge in [0.2, 0.25) is 5.91 Å². The summed E-state index contributed by atoms with van der Waals surface area (Å²) in [6, 6.07) is 15.2. The summed E-state index contributed by atoms with van der Waals surface area (Å²) in [6.07, 6.45) is 1.02. The average molecular weight is 486 g/mol. The van der Waals surface area contributed by atoms with Crippen LogP contribution in [0.1, 0.15) is 37.8 Å². The predicted molar refractivity (Wildman–Crippen MR) is 130 cm³/mol. The van der Waals surface area contributed by atoms with Gasteiger partial charge in [-0.15, -0.1) is 0 Å². The molecule has 3 rings (SSSR count). The van der Waals surface area contributed by atoms with Crippen LogP contribution in [-0.2, 0) is 31.3 Å². The highest BCUT2D eigenvalue weighted by Crippen LogP contribution is 2.57. The molecule has 0 aromatic heterocycles. The van der Waals surface area contributed by atoms with Crippen molar-refractivity contribution < 1.29 is 24.1 Å². The Labute approximate surface area is 200 Å². The highest BCUT2D eigenvalue weighted by atomic mass is 31.2. The summed E-state index contributed by atoms with van der Waals surface area (Å²) < 4.78 is 15.8. The molecule has 1 saturated heterocycles. The molecule has 2 aromatic rings. The molecule has 8 nitrogen and oxygen atoms in total. The molecular weight excluding hydrogens is 453 g/mol. The third-order valence-electron chi connectivity index (χ3n) is 6.10. The molecule has 9 heteroatoms. The Balaban J connectivity index is 2.07. The minimum absolute atomic E-state index is 0.0278. The summed E-state index contributed by atoms with van der Waals surface area (Å²) in [6.45, 7) is 3.28. The van der Waals surface area contributed by atoms with Crippen LogP contribution >= 0.6 is 7.29 Å². The Morgan fingerprint density at radius 2 is 1.53 bits per heavy atom. The van der Waals surface area contributed by atoms with Crippen molar-refractivity contribution in [2.75, 3.05) is 6.54 Å². The number of amides is 2. The first-order valence-electron chi connectivity index (χ1n) is 11.4. The zero-order valence-electron chi connectivity index (χ0n) is 19.5. The molecule has 34 heavy (non-hydrogen) atoms. The molecule has 3 atom stereocenters. The largest absolute Gasteiger partial charge is 0.480 e. The second kappa shape index (κ2) is 11.0. The topological polar surface area (TPSA) is 121 Å². The quantitative estimate of drug-likeness (QED) is 0.526. The van der Waals surface area contributed by atoms with Crippen molar-refractivity contribution in [3.63, 3.8) is 0 Å². The lowest BCUT2D eigenvalue weighted by Gasteiger charge is -2.38. The maximum absolute atomic E-state index is 14.7. The van der Waals surface area contributed by atoms with Gasteiger partial charge in [0.15, 0.2) is 7.29 Å². The third-order valence-corrected chi connectivity index (χ3v) is 9.15. The zero-order valence-corrected chi connectivity index (χ0v) is 20.4. The van der Waals surface area contributed by atoms with Crippen molar-refractivity contribution in [2.45, 2.75) is 57.1 Å². The van der Waals surface area contributed by atoms with Gasteiger partial charge in [-0.1, -0.05) is 60.7 Å². The SMILES string of the molecule is C[C@H](N)C(=O)N1CCC[C@H]1C(=O)N([C@H](C)C(=O)O)P(=O)(Cc1ccccc1)Cc1ccccc1. The monoisotopic (exact) mass is 485 g/mol. The van der Waals surface area contributed by atoms with E-state index >= 15 is 0 Å². The number of hydrogen-bond donors (Lipinski definition) is 2. The number of carbonyl (C=O) groups excluding carboxylic acids is 2. The molecule has 0 aliphatic carbocycles. The van der Waals surface area contributed by atoms with Crippen LogP contribution in [0.2, 0.25) is 0 Å². The number of benzene rings is 2. The van der Waals surface area contributed by atoms with Gasteiger partial charge in [0.1, 0.15) is 12.1 Å². The number of nitrogens with two attached hydrogens (primary N) is 1. The van der Waals surface area contributed by atoms with Crippen LogP contribution < -0.4 is 5.73 Å². The summed E-state index contributed by atoms with van der Waals surface area (Å²) >= 11 is 0. The van der Waals surface area contributed by atoms with Crippen LogP contribution in [0.4, 0.5) is 0 Å². The lowest BCUT2D eigenvalue weighted by Crippen LogP contribution is -2.53. The van der Waals surface area contributed by atoms with E-state index in [1.54, 1.807) is 6.92 Å². The predicted octanol–water partition coefficient (Wildman–Crippen LogP) is 3.30. The number of aliphatic carboxylic acids is 1. The molecule has 0 saturated carbocycles. The van der Waals surface area contributed by atoms with Crippen molar-refractivity contribution in [3.05, 3.63) is 71.8 Å². The van der Waals surface area contributed by atoms with Gasteiger partial charge in [-0.3, -0.25) is 18.8 Å². The van der Waals surface area contributed by atoms with E-state index in [4.69, 9.17) is 5.73 Å². The molecule has 2 aromatic carbocycles. The highest BCUT2D eigenvalue weighted by molar-refractivity contribution is 7.60. The molecule has 0 unspecified atom stereocenters. The fraction of sp³-hybridized carbons (Fsp3) is 0.400.